The molecule has 0 aliphatic heterocycles. The van der Waals surface area contributed by atoms with Crippen LogP contribution in [0.5, 0.6) is 11.5 Å². The lowest BCUT2D eigenvalue weighted by Crippen LogP contribution is -2.49. The lowest BCUT2D eigenvalue weighted by molar-refractivity contribution is -0.142. The maximum Gasteiger partial charge on any atom is 0.261 e. The molecular weight excluding hydrogens is 356 g/mol. The summed E-state index contributed by atoms with van der Waals surface area (Å²) in [6.45, 7) is 5.76. The van der Waals surface area contributed by atoms with E-state index < -0.39 is 6.04 Å². The molecule has 0 aliphatic rings. The Morgan fingerprint density at radius 3 is 2.39 bits per heavy atom. The number of methoxy groups -OCH3 is 1. The smallest absolute Gasteiger partial charge is 0.261 e. The number of nitrogens with one attached hydrogen (secondary N) is 1. The van der Waals surface area contributed by atoms with Crippen molar-refractivity contribution >= 4 is 11.8 Å². The van der Waals surface area contributed by atoms with Gasteiger partial charge in [-0.3, -0.25) is 9.59 Å². The molecule has 0 unspecified atom stereocenters. The van der Waals surface area contributed by atoms with Gasteiger partial charge in [-0.15, -0.1) is 6.58 Å². The Morgan fingerprint density at radius 1 is 1.11 bits per heavy atom. The van der Waals surface area contributed by atoms with Crippen LogP contribution < -0.4 is 14.8 Å². The Hall–Kier alpha value is -3.28. The normalized spacial score (nSPS) is 11.2. The number of carbonyl (C=O) groups excluding carboxylic acids is 2. The second-order valence-corrected chi connectivity index (χ2v) is 6.18. The second-order valence-electron chi connectivity index (χ2n) is 6.18. The summed E-state index contributed by atoms with van der Waals surface area (Å²) in [6, 6.07) is 15.8. The van der Waals surface area contributed by atoms with Crippen molar-refractivity contribution in [1.82, 2.24) is 10.2 Å². The molecule has 1 atom stereocenters. The van der Waals surface area contributed by atoms with Gasteiger partial charge in [0.05, 0.1) is 7.11 Å². The first-order chi connectivity index (χ1) is 13.5. The number of ether oxygens (including phenoxy) is 2. The van der Waals surface area contributed by atoms with Crippen LogP contribution in [0.15, 0.2) is 67.3 Å². The highest BCUT2D eigenvalue weighted by Crippen LogP contribution is 2.15. The zero-order valence-electron chi connectivity index (χ0n) is 16.3. The Kier molecular flexibility index (Phi) is 8.09. The molecule has 2 rings (SSSR count). The molecular formula is C22H26N2O4. The minimum absolute atomic E-state index is 0.154. The summed E-state index contributed by atoms with van der Waals surface area (Å²) in [5.41, 5.74) is 0.886. The molecule has 0 spiro atoms. The molecule has 0 fully saturated rings. The van der Waals surface area contributed by atoms with Crippen molar-refractivity contribution < 1.29 is 19.1 Å². The van der Waals surface area contributed by atoms with Gasteiger partial charge < -0.3 is 19.7 Å². The first-order valence-corrected chi connectivity index (χ1v) is 9.04. The molecule has 0 aromatic heterocycles. The van der Waals surface area contributed by atoms with Crippen molar-refractivity contribution in [2.45, 2.75) is 19.5 Å². The van der Waals surface area contributed by atoms with Gasteiger partial charge in [-0.25, -0.2) is 0 Å². The van der Waals surface area contributed by atoms with E-state index >= 15 is 0 Å². The zero-order chi connectivity index (χ0) is 20.4. The molecule has 0 heterocycles. The summed E-state index contributed by atoms with van der Waals surface area (Å²) in [7, 11) is 1.60. The number of amides is 2. The average Bonchev–Trinajstić information content (AvgIpc) is 2.74. The number of rotatable bonds is 10. The molecule has 2 aromatic rings. The topological polar surface area (TPSA) is 67.9 Å². The molecule has 0 radical (unpaired) electrons. The predicted molar refractivity (Wildman–Crippen MR) is 108 cm³/mol. The lowest BCUT2D eigenvalue weighted by atomic mass is 10.1. The van der Waals surface area contributed by atoms with E-state index in [1.807, 2.05) is 42.5 Å². The Balaban J connectivity index is 2.12. The lowest BCUT2D eigenvalue weighted by Gasteiger charge is -2.28. The van der Waals surface area contributed by atoms with Crippen LogP contribution in [-0.2, 0) is 16.1 Å². The van der Waals surface area contributed by atoms with E-state index in [0.717, 1.165) is 11.3 Å². The molecule has 148 valence electrons. The van der Waals surface area contributed by atoms with Gasteiger partial charge >= 0.3 is 0 Å². The number of hydrogen-bond donors (Lipinski definition) is 1. The van der Waals surface area contributed by atoms with E-state index in [4.69, 9.17) is 9.47 Å². The summed E-state index contributed by atoms with van der Waals surface area (Å²) in [4.78, 5) is 26.7. The van der Waals surface area contributed by atoms with Gasteiger partial charge in [0, 0.05) is 13.1 Å². The van der Waals surface area contributed by atoms with Crippen LogP contribution in [-0.4, -0.2) is 43.0 Å². The van der Waals surface area contributed by atoms with Gasteiger partial charge in [-0.05, 0) is 36.8 Å². The highest BCUT2D eigenvalue weighted by Gasteiger charge is 2.26. The van der Waals surface area contributed by atoms with Crippen molar-refractivity contribution in [3.05, 3.63) is 72.8 Å². The van der Waals surface area contributed by atoms with Gasteiger partial charge in [0.15, 0.2) is 6.61 Å². The first-order valence-electron chi connectivity index (χ1n) is 9.04. The number of nitrogens with zero attached hydrogens (tertiary/aromatic N) is 1. The Morgan fingerprint density at radius 2 is 1.79 bits per heavy atom. The minimum atomic E-state index is -0.658. The van der Waals surface area contributed by atoms with Gasteiger partial charge in [-0.1, -0.05) is 36.4 Å². The fraction of sp³-hybridized carbons (Fsp3) is 0.273. The summed E-state index contributed by atoms with van der Waals surface area (Å²) in [5, 5.41) is 2.73. The van der Waals surface area contributed by atoms with Gasteiger partial charge in [0.25, 0.3) is 5.91 Å². The maximum absolute atomic E-state index is 12.8. The molecule has 1 N–H and O–H groups in total. The summed E-state index contributed by atoms with van der Waals surface area (Å²) >= 11 is 0. The van der Waals surface area contributed by atoms with Gasteiger partial charge in [0.2, 0.25) is 5.91 Å². The zero-order valence-corrected chi connectivity index (χ0v) is 16.3. The second kappa shape index (κ2) is 10.8. The molecule has 6 nitrogen and oxygen atoms in total. The highest BCUT2D eigenvalue weighted by molar-refractivity contribution is 5.88. The fourth-order valence-electron chi connectivity index (χ4n) is 2.58. The van der Waals surface area contributed by atoms with Crippen LogP contribution in [0.1, 0.15) is 12.5 Å². The van der Waals surface area contributed by atoms with Gasteiger partial charge in [0.1, 0.15) is 17.5 Å². The van der Waals surface area contributed by atoms with Gasteiger partial charge in [-0.2, -0.15) is 0 Å². The first kappa shape index (κ1) is 21.0. The molecule has 2 amide bonds. The minimum Gasteiger partial charge on any atom is -0.497 e. The quantitative estimate of drug-likeness (QED) is 0.642. The van der Waals surface area contributed by atoms with Crippen molar-refractivity contribution in [2.24, 2.45) is 0 Å². The molecule has 0 saturated carbocycles. The summed E-state index contributed by atoms with van der Waals surface area (Å²) < 4.78 is 10.7. The van der Waals surface area contributed by atoms with Crippen LogP contribution >= 0.6 is 0 Å². The van der Waals surface area contributed by atoms with Crippen LogP contribution in [0.3, 0.4) is 0 Å². The standard InChI is InChI=1S/C22H26N2O4/c1-4-14-23-22(26)17(2)24(15-18-10-12-19(27-3)13-11-18)21(25)16-28-20-8-6-5-7-9-20/h4-13,17H,1,14-16H2,2-3H3,(H,23,26)/t17-/m0/s1. The van der Waals surface area contributed by atoms with Crippen molar-refractivity contribution in [3.8, 4) is 11.5 Å². The molecule has 0 bridgehead atoms. The van der Waals surface area contributed by atoms with E-state index in [1.54, 1.807) is 32.2 Å². The molecule has 0 aliphatic carbocycles. The van der Waals surface area contributed by atoms with Crippen molar-refractivity contribution in [2.75, 3.05) is 20.3 Å². The van der Waals surface area contributed by atoms with Crippen molar-refractivity contribution in [3.63, 3.8) is 0 Å². The number of carbonyl (C=O) groups is 2. The van der Waals surface area contributed by atoms with Crippen molar-refractivity contribution in [1.29, 1.82) is 0 Å². The molecule has 28 heavy (non-hydrogen) atoms. The highest BCUT2D eigenvalue weighted by atomic mass is 16.5. The number of para-hydroxylation sites is 1. The Bertz CT molecular complexity index is 775. The number of hydrogen-bond acceptors (Lipinski definition) is 4. The monoisotopic (exact) mass is 382 g/mol. The number of benzene rings is 2. The summed E-state index contributed by atoms with van der Waals surface area (Å²) in [5.74, 6) is 0.803. The summed E-state index contributed by atoms with van der Waals surface area (Å²) in [6.07, 6.45) is 1.60. The Labute approximate surface area is 165 Å². The van der Waals surface area contributed by atoms with Crippen LogP contribution in [0.25, 0.3) is 0 Å². The van der Waals surface area contributed by atoms with E-state index in [2.05, 4.69) is 11.9 Å². The van der Waals surface area contributed by atoms with E-state index in [1.165, 1.54) is 4.90 Å². The maximum atomic E-state index is 12.8. The van der Waals surface area contributed by atoms with E-state index in [0.29, 0.717) is 12.3 Å². The SMILES string of the molecule is C=CCNC(=O)[C@H](C)N(Cc1ccc(OC)cc1)C(=O)COc1ccccc1. The van der Waals surface area contributed by atoms with Crippen LogP contribution in [0.4, 0.5) is 0 Å². The van der Waals surface area contributed by atoms with Crippen LogP contribution in [0, 0.1) is 0 Å². The van der Waals surface area contributed by atoms with Crippen LogP contribution in [0.2, 0.25) is 0 Å². The molecule has 0 saturated heterocycles. The average molecular weight is 382 g/mol. The van der Waals surface area contributed by atoms with E-state index in [9.17, 15) is 9.59 Å². The molecule has 6 heteroatoms. The largest absolute Gasteiger partial charge is 0.497 e. The third-order valence-electron chi connectivity index (χ3n) is 4.21. The third-order valence-corrected chi connectivity index (χ3v) is 4.21. The van der Waals surface area contributed by atoms with E-state index in [-0.39, 0.29) is 25.0 Å². The third kappa shape index (κ3) is 6.16. The predicted octanol–water partition coefficient (Wildman–Crippen LogP) is 2.79. The molecule has 2 aromatic carbocycles. The fourth-order valence-corrected chi connectivity index (χ4v) is 2.58.